The lowest BCUT2D eigenvalue weighted by Gasteiger charge is -2.16. The summed E-state index contributed by atoms with van der Waals surface area (Å²) in [5.74, 6) is -1.22. The molecular formula is C19H20ClFN2O4S. The Labute approximate surface area is 168 Å². The molecule has 1 aliphatic carbocycles. The molecule has 9 heteroatoms. The number of hydrogen-bond acceptors (Lipinski definition) is 4. The van der Waals surface area contributed by atoms with Gasteiger partial charge in [0.05, 0.1) is 12.8 Å². The van der Waals surface area contributed by atoms with Crippen LogP contribution in [-0.4, -0.2) is 27.5 Å². The first-order chi connectivity index (χ1) is 13.3. The van der Waals surface area contributed by atoms with Crippen molar-refractivity contribution in [3.63, 3.8) is 0 Å². The summed E-state index contributed by atoms with van der Waals surface area (Å²) in [7, 11) is -2.52. The number of ether oxygens (including phenoxy) is 1. The molecule has 28 heavy (non-hydrogen) atoms. The van der Waals surface area contributed by atoms with Gasteiger partial charge in [0.1, 0.15) is 16.5 Å². The van der Waals surface area contributed by atoms with Crippen LogP contribution in [-0.2, 0) is 10.0 Å². The maximum Gasteiger partial charge on any atom is 0.255 e. The highest BCUT2D eigenvalue weighted by atomic mass is 35.5. The van der Waals surface area contributed by atoms with E-state index in [4.69, 9.17) is 16.3 Å². The molecule has 2 N–H and O–H groups in total. The second kappa shape index (κ2) is 8.46. The molecule has 2 aromatic rings. The standard InChI is InChI=1S/C19H20ClFN2O4S/c1-27-17-9-6-12(19(24)22-16-8-7-13(20)11-15(16)21)10-18(17)28(25,26)23-14-4-2-3-5-14/h6-11,14,23H,2-5H2,1H3,(H,22,24). The Morgan fingerprint density at radius 1 is 1.18 bits per heavy atom. The SMILES string of the molecule is COc1ccc(C(=O)Nc2ccc(Cl)cc2F)cc1S(=O)(=O)NC1CCCC1. The molecule has 0 heterocycles. The first-order valence-corrected chi connectivity index (χ1v) is 10.6. The highest BCUT2D eigenvalue weighted by Gasteiger charge is 2.26. The topological polar surface area (TPSA) is 84.5 Å². The van der Waals surface area contributed by atoms with Gasteiger partial charge in [-0.15, -0.1) is 0 Å². The minimum atomic E-state index is -3.88. The summed E-state index contributed by atoms with van der Waals surface area (Å²) in [5, 5.41) is 2.61. The van der Waals surface area contributed by atoms with Crippen LogP contribution in [0.2, 0.25) is 5.02 Å². The highest BCUT2D eigenvalue weighted by Crippen LogP contribution is 2.28. The molecule has 1 amide bonds. The van der Waals surface area contributed by atoms with E-state index in [2.05, 4.69) is 10.0 Å². The van der Waals surface area contributed by atoms with Gasteiger partial charge in [0.2, 0.25) is 10.0 Å². The number of benzene rings is 2. The molecule has 1 fully saturated rings. The molecule has 6 nitrogen and oxygen atoms in total. The van der Waals surface area contributed by atoms with E-state index >= 15 is 0 Å². The Bertz CT molecular complexity index is 991. The average molecular weight is 427 g/mol. The molecule has 0 spiro atoms. The van der Waals surface area contributed by atoms with Crippen LogP contribution in [0, 0.1) is 5.82 Å². The normalized spacial score (nSPS) is 14.8. The molecule has 0 bridgehead atoms. The number of halogens is 2. The number of carbonyl (C=O) groups excluding carboxylic acids is 1. The fourth-order valence-electron chi connectivity index (χ4n) is 3.14. The Hall–Kier alpha value is -2.16. The minimum absolute atomic E-state index is 0.0568. The van der Waals surface area contributed by atoms with E-state index in [1.165, 1.54) is 37.4 Å². The minimum Gasteiger partial charge on any atom is -0.495 e. The summed E-state index contributed by atoms with van der Waals surface area (Å²) < 4.78 is 47.3. The van der Waals surface area contributed by atoms with Gasteiger partial charge in [0.15, 0.2) is 0 Å². The van der Waals surface area contributed by atoms with Crippen molar-refractivity contribution in [1.29, 1.82) is 0 Å². The van der Waals surface area contributed by atoms with E-state index in [0.29, 0.717) is 0 Å². The maximum atomic E-state index is 13.9. The second-order valence-electron chi connectivity index (χ2n) is 6.55. The number of nitrogens with one attached hydrogen (secondary N) is 2. The summed E-state index contributed by atoms with van der Waals surface area (Å²) in [5.41, 5.74) is 0.000604. The number of anilines is 1. The van der Waals surface area contributed by atoms with Crippen molar-refractivity contribution in [1.82, 2.24) is 4.72 Å². The van der Waals surface area contributed by atoms with Gasteiger partial charge in [-0.05, 0) is 49.2 Å². The predicted molar refractivity (Wildman–Crippen MR) is 105 cm³/mol. The first kappa shape index (κ1) is 20.6. The van der Waals surface area contributed by atoms with Crippen LogP contribution in [0.4, 0.5) is 10.1 Å². The smallest absolute Gasteiger partial charge is 0.255 e. The van der Waals surface area contributed by atoms with Crippen molar-refractivity contribution in [2.45, 2.75) is 36.6 Å². The van der Waals surface area contributed by atoms with E-state index in [1.807, 2.05) is 0 Å². The summed E-state index contributed by atoms with van der Waals surface area (Å²) in [6.07, 6.45) is 3.49. The van der Waals surface area contributed by atoms with E-state index in [0.717, 1.165) is 31.7 Å². The van der Waals surface area contributed by atoms with E-state index in [9.17, 15) is 17.6 Å². The van der Waals surface area contributed by atoms with Crippen LogP contribution in [0.3, 0.4) is 0 Å². The van der Waals surface area contributed by atoms with Crippen LogP contribution in [0.25, 0.3) is 0 Å². The van der Waals surface area contributed by atoms with E-state index in [1.54, 1.807) is 0 Å². The van der Waals surface area contributed by atoms with E-state index in [-0.39, 0.29) is 33.0 Å². The largest absolute Gasteiger partial charge is 0.495 e. The molecule has 0 aromatic heterocycles. The van der Waals surface area contributed by atoms with Gasteiger partial charge in [-0.1, -0.05) is 24.4 Å². The summed E-state index contributed by atoms with van der Waals surface area (Å²) in [6, 6.07) is 7.75. The zero-order chi connectivity index (χ0) is 20.3. The lowest BCUT2D eigenvalue weighted by Crippen LogP contribution is -2.33. The summed E-state index contributed by atoms with van der Waals surface area (Å²) in [4.78, 5) is 12.4. The van der Waals surface area contributed by atoms with E-state index < -0.39 is 21.7 Å². The molecular weight excluding hydrogens is 407 g/mol. The van der Waals surface area contributed by atoms with Crippen LogP contribution in [0.15, 0.2) is 41.3 Å². The number of carbonyl (C=O) groups is 1. The molecule has 0 aliphatic heterocycles. The first-order valence-electron chi connectivity index (χ1n) is 8.77. The molecule has 3 rings (SSSR count). The van der Waals surface area contributed by atoms with Crippen molar-refractivity contribution < 1.29 is 22.3 Å². The quantitative estimate of drug-likeness (QED) is 0.732. The fraction of sp³-hybridized carbons (Fsp3) is 0.316. The fourth-order valence-corrected chi connectivity index (χ4v) is 4.80. The highest BCUT2D eigenvalue weighted by molar-refractivity contribution is 7.89. The number of methoxy groups -OCH3 is 1. The van der Waals surface area contributed by atoms with Gasteiger partial charge in [0, 0.05) is 16.6 Å². The zero-order valence-electron chi connectivity index (χ0n) is 15.2. The maximum absolute atomic E-state index is 13.9. The molecule has 0 radical (unpaired) electrons. The Morgan fingerprint density at radius 2 is 1.89 bits per heavy atom. The van der Waals surface area contributed by atoms with Gasteiger partial charge in [-0.25, -0.2) is 17.5 Å². The zero-order valence-corrected chi connectivity index (χ0v) is 16.7. The van der Waals surface area contributed by atoms with Crippen LogP contribution >= 0.6 is 11.6 Å². The molecule has 0 atom stereocenters. The number of hydrogen-bond donors (Lipinski definition) is 2. The van der Waals surface area contributed by atoms with Crippen molar-refractivity contribution in [2.24, 2.45) is 0 Å². The number of sulfonamides is 1. The lowest BCUT2D eigenvalue weighted by molar-refractivity contribution is 0.102. The second-order valence-corrected chi connectivity index (χ2v) is 8.67. The number of amides is 1. The summed E-state index contributed by atoms with van der Waals surface area (Å²) >= 11 is 5.70. The van der Waals surface area contributed by atoms with Gasteiger partial charge >= 0.3 is 0 Å². The number of rotatable bonds is 6. The predicted octanol–water partition coefficient (Wildman–Crippen LogP) is 3.96. The molecule has 0 unspecified atom stereocenters. The van der Waals surface area contributed by atoms with Crippen molar-refractivity contribution >= 4 is 33.2 Å². The Kier molecular flexibility index (Phi) is 6.22. The van der Waals surface area contributed by atoms with Crippen molar-refractivity contribution in [2.75, 3.05) is 12.4 Å². The molecule has 0 saturated heterocycles. The molecule has 150 valence electrons. The third-order valence-electron chi connectivity index (χ3n) is 4.57. The molecule has 2 aromatic carbocycles. The summed E-state index contributed by atoms with van der Waals surface area (Å²) in [6.45, 7) is 0. The van der Waals surface area contributed by atoms with Crippen molar-refractivity contribution in [3.05, 3.63) is 52.8 Å². The van der Waals surface area contributed by atoms with Crippen LogP contribution in [0.5, 0.6) is 5.75 Å². The van der Waals surface area contributed by atoms with Gasteiger partial charge < -0.3 is 10.1 Å². The van der Waals surface area contributed by atoms with Gasteiger partial charge in [0.25, 0.3) is 5.91 Å². The Balaban J connectivity index is 1.88. The van der Waals surface area contributed by atoms with Crippen molar-refractivity contribution in [3.8, 4) is 5.75 Å². The van der Waals surface area contributed by atoms with Gasteiger partial charge in [-0.3, -0.25) is 4.79 Å². The third kappa shape index (κ3) is 4.63. The van der Waals surface area contributed by atoms with Crippen LogP contribution < -0.4 is 14.8 Å². The molecule has 1 saturated carbocycles. The average Bonchev–Trinajstić information content (AvgIpc) is 3.15. The third-order valence-corrected chi connectivity index (χ3v) is 6.35. The molecule has 1 aliphatic rings. The van der Waals surface area contributed by atoms with Crippen LogP contribution in [0.1, 0.15) is 36.0 Å². The van der Waals surface area contributed by atoms with Gasteiger partial charge in [-0.2, -0.15) is 0 Å². The monoisotopic (exact) mass is 426 g/mol. The Morgan fingerprint density at radius 3 is 2.54 bits per heavy atom. The lowest BCUT2D eigenvalue weighted by atomic mass is 10.2.